The third-order valence-corrected chi connectivity index (χ3v) is 4.78. The average Bonchev–Trinajstić information content (AvgIpc) is 2.79. The standard InChI is InChI=1S/C12H21N3O4S/c1-12(2,3)10(8-16)14-20(17,18)9-7-13-15-5-4-6-19-11(9)15/h7,10,14,16H,4-6,8H2,1-3H3/t10-/m1/s1. The third kappa shape index (κ3) is 2.97. The van der Waals surface area contributed by atoms with Crippen molar-refractivity contribution in [1.82, 2.24) is 14.5 Å². The van der Waals surface area contributed by atoms with Crippen LogP contribution < -0.4 is 9.46 Å². The molecule has 0 unspecified atom stereocenters. The van der Waals surface area contributed by atoms with Crippen LogP contribution in [0.1, 0.15) is 27.2 Å². The molecule has 1 aromatic rings. The summed E-state index contributed by atoms with van der Waals surface area (Å²) in [5.41, 5.74) is -0.393. The van der Waals surface area contributed by atoms with E-state index in [0.29, 0.717) is 13.2 Å². The van der Waals surface area contributed by atoms with E-state index >= 15 is 0 Å². The van der Waals surface area contributed by atoms with Crippen LogP contribution in [0.3, 0.4) is 0 Å². The molecule has 1 aromatic heterocycles. The van der Waals surface area contributed by atoms with E-state index in [0.717, 1.165) is 6.42 Å². The van der Waals surface area contributed by atoms with Gasteiger partial charge in [-0.05, 0) is 5.41 Å². The van der Waals surface area contributed by atoms with E-state index in [1.807, 2.05) is 20.8 Å². The van der Waals surface area contributed by atoms with Gasteiger partial charge in [0, 0.05) is 19.0 Å². The van der Waals surface area contributed by atoms with Gasteiger partial charge in [0.1, 0.15) is 0 Å². The van der Waals surface area contributed by atoms with E-state index in [1.54, 1.807) is 4.68 Å². The van der Waals surface area contributed by atoms with Crippen LogP contribution >= 0.6 is 0 Å². The van der Waals surface area contributed by atoms with Crippen LogP contribution in [0.5, 0.6) is 5.88 Å². The van der Waals surface area contributed by atoms with Gasteiger partial charge in [0.25, 0.3) is 0 Å². The summed E-state index contributed by atoms with van der Waals surface area (Å²) in [6, 6.07) is -0.577. The number of aromatic nitrogens is 2. The Morgan fingerprint density at radius 2 is 2.25 bits per heavy atom. The largest absolute Gasteiger partial charge is 0.477 e. The van der Waals surface area contributed by atoms with Gasteiger partial charge in [-0.25, -0.2) is 17.8 Å². The third-order valence-electron chi connectivity index (χ3n) is 3.33. The molecule has 20 heavy (non-hydrogen) atoms. The first-order valence-electron chi connectivity index (χ1n) is 6.57. The number of sulfonamides is 1. The number of fused-ring (bicyclic) bond motifs is 1. The number of nitrogens with one attached hydrogen (secondary N) is 1. The van der Waals surface area contributed by atoms with Gasteiger partial charge in [-0.3, -0.25) is 0 Å². The van der Waals surface area contributed by atoms with Crippen LogP contribution in [0, 0.1) is 5.41 Å². The molecule has 1 aliphatic rings. The van der Waals surface area contributed by atoms with Gasteiger partial charge < -0.3 is 9.84 Å². The second-order valence-corrected chi connectivity index (χ2v) is 7.64. The molecule has 114 valence electrons. The van der Waals surface area contributed by atoms with Crippen molar-refractivity contribution in [2.45, 2.75) is 44.7 Å². The second kappa shape index (κ2) is 5.34. The summed E-state index contributed by atoms with van der Waals surface area (Å²) < 4.78 is 34.3. The van der Waals surface area contributed by atoms with E-state index < -0.39 is 21.5 Å². The monoisotopic (exact) mass is 303 g/mol. The van der Waals surface area contributed by atoms with Gasteiger partial charge in [-0.2, -0.15) is 5.10 Å². The predicted octanol–water partition coefficient (Wildman–Crippen LogP) is 0.351. The van der Waals surface area contributed by atoms with Gasteiger partial charge in [-0.1, -0.05) is 20.8 Å². The van der Waals surface area contributed by atoms with Gasteiger partial charge in [-0.15, -0.1) is 0 Å². The zero-order valence-corrected chi connectivity index (χ0v) is 12.8. The lowest BCUT2D eigenvalue weighted by Gasteiger charge is -2.29. The molecular formula is C12H21N3O4S. The van der Waals surface area contributed by atoms with Crippen LogP contribution in [0.2, 0.25) is 0 Å². The topological polar surface area (TPSA) is 93.5 Å². The lowest BCUT2D eigenvalue weighted by molar-refractivity contribution is 0.176. The van der Waals surface area contributed by atoms with Gasteiger partial charge in [0.05, 0.1) is 19.4 Å². The molecule has 0 amide bonds. The predicted molar refractivity (Wildman–Crippen MR) is 73.0 cm³/mol. The van der Waals surface area contributed by atoms with Crippen molar-refractivity contribution in [3.8, 4) is 5.88 Å². The Morgan fingerprint density at radius 3 is 2.85 bits per heavy atom. The summed E-state index contributed by atoms with van der Waals surface area (Å²) in [6.07, 6.45) is 2.10. The van der Waals surface area contributed by atoms with E-state index in [9.17, 15) is 13.5 Å². The minimum atomic E-state index is -3.77. The van der Waals surface area contributed by atoms with Crippen molar-refractivity contribution in [1.29, 1.82) is 0 Å². The SMILES string of the molecule is CC(C)(C)[C@@H](CO)NS(=O)(=O)c1cnn2c1OCCC2. The second-order valence-electron chi connectivity index (χ2n) is 5.96. The zero-order valence-electron chi connectivity index (χ0n) is 12.0. The fraction of sp³-hybridized carbons (Fsp3) is 0.750. The molecule has 2 heterocycles. The maximum atomic E-state index is 12.4. The number of aliphatic hydroxyl groups is 1. The molecule has 0 aromatic carbocycles. The summed E-state index contributed by atoms with van der Waals surface area (Å²) in [7, 11) is -3.77. The molecule has 0 saturated carbocycles. The highest BCUT2D eigenvalue weighted by Crippen LogP contribution is 2.28. The number of aryl methyl sites for hydroxylation is 1. The number of hydrogen-bond donors (Lipinski definition) is 2. The average molecular weight is 303 g/mol. The van der Waals surface area contributed by atoms with E-state index in [4.69, 9.17) is 4.74 Å². The quantitative estimate of drug-likeness (QED) is 0.837. The first-order chi connectivity index (χ1) is 9.25. The highest BCUT2D eigenvalue weighted by atomic mass is 32.2. The fourth-order valence-corrected chi connectivity index (χ4v) is 3.48. The lowest BCUT2D eigenvalue weighted by Crippen LogP contribution is -2.46. The minimum Gasteiger partial charge on any atom is -0.477 e. The highest BCUT2D eigenvalue weighted by molar-refractivity contribution is 7.89. The Morgan fingerprint density at radius 1 is 1.55 bits per heavy atom. The number of ether oxygens (including phenoxy) is 1. The van der Waals surface area contributed by atoms with Crippen LogP contribution in [0.15, 0.2) is 11.1 Å². The van der Waals surface area contributed by atoms with E-state index in [-0.39, 0.29) is 17.4 Å². The van der Waals surface area contributed by atoms with Crippen molar-refractivity contribution in [2.24, 2.45) is 5.41 Å². The maximum Gasteiger partial charge on any atom is 0.247 e. The minimum absolute atomic E-state index is 0.0277. The van der Waals surface area contributed by atoms with Crippen molar-refractivity contribution in [3.63, 3.8) is 0 Å². The molecule has 2 rings (SSSR count). The summed E-state index contributed by atoms with van der Waals surface area (Å²) >= 11 is 0. The summed E-state index contributed by atoms with van der Waals surface area (Å²) in [6.45, 7) is 6.44. The Bertz CT molecular complexity index is 574. The number of rotatable bonds is 4. The molecular weight excluding hydrogens is 282 g/mol. The fourth-order valence-electron chi connectivity index (χ4n) is 1.97. The molecule has 0 saturated heterocycles. The Kier molecular flexibility index (Phi) is 4.08. The normalized spacial score (nSPS) is 17.4. The lowest BCUT2D eigenvalue weighted by atomic mass is 9.88. The molecule has 2 N–H and O–H groups in total. The molecule has 0 aliphatic carbocycles. The maximum absolute atomic E-state index is 12.4. The van der Waals surface area contributed by atoms with Crippen molar-refractivity contribution >= 4 is 10.0 Å². The van der Waals surface area contributed by atoms with Gasteiger partial charge in [0.15, 0.2) is 4.90 Å². The molecule has 0 spiro atoms. The van der Waals surface area contributed by atoms with Gasteiger partial charge in [0.2, 0.25) is 15.9 Å². The van der Waals surface area contributed by atoms with Crippen LogP contribution in [-0.4, -0.2) is 42.6 Å². The Hall–Kier alpha value is -1.12. The van der Waals surface area contributed by atoms with E-state index in [2.05, 4.69) is 9.82 Å². The molecule has 1 atom stereocenters. The smallest absolute Gasteiger partial charge is 0.247 e. The van der Waals surface area contributed by atoms with Crippen molar-refractivity contribution in [3.05, 3.63) is 6.20 Å². The molecule has 0 radical (unpaired) electrons. The first-order valence-corrected chi connectivity index (χ1v) is 8.06. The molecule has 7 nitrogen and oxygen atoms in total. The van der Waals surface area contributed by atoms with Crippen molar-refractivity contribution in [2.75, 3.05) is 13.2 Å². The molecule has 0 fully saturated rings. The Labute approximate surface area is 119 Å². The zero-order chi connectivity index (χ0) is 15.0. The molecule has 1 aliphatic heterocycles. The first kappa shape index (κ1) is 15.3. The molecule has 0 bridgehead atoms. The summed E-state index contributed by atoms with van der Waals surface area (Å²) in [4.78, 5) is 0.0277. The van der Waals surface area contributed by atoms with E-state index in [1.165, 1.54) is 6.20 Å². The number of hydrogen-bond acceptors (Lipinski definition) is 5. The number of aliphatic hydroxyl groups excluding tert-OH is 1. The van der Waals surface area contributed by atoms with Gasteiger partial charge >= 0.3 is 0 Å². The summed E-state index contributed by atoms with van der Waals surface area (Å²) in [5.74, 6) is 0.273. The Balaban J connectivity index is 2.29. The van der Waals surface area contributed by atoms with Crippen molar-refractivity contribution < 1.29 is 18.3 Å². The van der Waals surface area contributed by atoms with Crippen LogP contribution in [0.25, 0.3) is 0 Å². The number of nitrogens with zero attached hydrogens (tertiary/aromatic N) is 2. The summed E-state index contributed by atoms with van der Waals surface area (Å²) in [5, 5.41) is 13.4. The highest BCUT2D eigenvalue weighted by Gasteiger charge is 2.33. The van der Waals surface area contributed by atoms with Crippen LogP contribution in [-0.2, 0) is 16.6 Å². The van der Waals surface area contributed by atoms with Crippen LogP contribution in [0.4, 0.5) is 0 Å². The molecule has 8 heteroatoms.